The molecule has 0 saturated carbocycles. The molecular formula is C17H18BrNO3. The molecule has 0 fully saturated rings. The fourth-order valence-corrected chi connectivity index (χ4v) is 2.59. The Morgan fingerprint density at radius 3 is 2.55 bits per heavy atom. The molecule has 0 spiro atoms. The lowest BCUT2D eigenvalue weighted by Crippen LogP contribution is -2.25. The van der Waals surface area contributed by atoms with Crippen LogP contribution in [-0.4, -0.2) is 22.7 Å². The van der Waals surface area contributed by atoms with E-state index >= 15 is 0 Å². The number of hydrogen-bond donors (Lipinski definition) is 3. The van der Waals surface area contributed by atoms with Gasteiger partial charge in [-0.05, 0) is 42.2 Å². The predicted molar refractivity (Wildman–Crippen MR) is 88.9 cm³/mol. The maximum atomic E-state index is 11.8. The van der Waals surface area contributed by atoms with Gasteiger partial charge in [-0.2, -0.15) is 0 Å². The topological polar surface area (TPSA) is 69.6 Å². The molecule has 22 heavy (non-hydrogen) atoms. The van der Waals surface area contributed by atoms with Crippen molar-refractivity contribution in [3.05, 3.63) is 58.1 Å². The molecule has 0 bridgehead atoms. The molecule has 0 aliphatic rings. The van der Waals surface area contributed by atoms with Gasteiger partial charge in [-0.1, -0.05) is 40.2 Å². The summed E-state index contributed by atoms with van der Waals surface area (Å²) < 4.78 is 1.05. The summed E-state index contributed by atoms with van der Waals surface area (Å²) in [6.45, 7) is 0.586. The van der Waals surface area contributed by atoms with E-state index in [1.807, 2.05) is 24.3 Å². The molecule has 116 valence electrons. The average molecular weight is 364 g/mol. The van der Waals surface area contributed by atoms with Gasteiger partial charge in [-0.3, -0.25) is 4.79 Å². The summed E-state index contributed by atoms with van der Waals surface area (Å²) in [6.07, 6.45) is 1.64. The van der Waals surface area contributed by atoms with Gasteiger partial charge in [-0.25, -0.2) is 0 Å². The first-order chi connectivity index (χ1) is 10.6. The van der Waals surface area contributed by atoms with Gasteiger partial charge in [0.15, 0.2) is 11.5 Å². The van der Waals surface area contributed by atoms with Crippen molar-refractivity contribution in [1.29, 1.82) is 0 Å². The second-order valence-electron chi connectivity index (χ2n) is 5.01. The Kier molecular flexibility index (Phi) is 5.83. The molecule has 2 aromatic carbocycles. The second-order valence-corrected chi connectivity index (χ2v) is 5.87. The van der Waals surface area contributed by atoms with Crippen molar-refractivity contribution in [3.8, 4) is 11.5 Å². The van der Waals surface area contributed by atoms with Gasteiger partial charge in [0.1, 0.15) is 0 Å². The summed E-state index contributed by atoms with van der Waals surface area (Å²) in [6, 6.07) is 12.5. The number of aromatic hydroxyl groups is 2. The fraction of sp³-hybridized carbons (Fsp3) is 0.235. The van der Waals surface area contributed by atoms with E-state index in [2.05, 4.69) is 21.2 Å². The number of phenolic OH excluding ortho intramolecular Hbond substituents is 2. The summed E-state index contributed by atoms with van der Waals surface area (Å²) in [7, 11) is 0. The number of carbonyl (C=O) groups is 1. The van der Waals surface area contributed by atoms with Crippen molar-refractivity contribution >= 4 is 21.8 Å². The Morgan fingerprint density at radius 2 is 1.82 bits per heavy atom. The monoisotopic (exact) mass is 363 g/mol. The van der Waals surface area contributed by atoms with Crippen LogP contribution in [0.25, 0.3) is 0 Å². The number of amides is 1. The van der Waals surface area contributed by atoms with Gasteiger partial charge in [0.25, 0.3) is 0 Å². The number of phenols is 2. The molecule has 0 aliphatic heterocycles. The third kappa shape index (κ3) is 4.77. The largest absolute Gasteiger partial charge is 0.504 e. The Labute approximate surface area is 137 Å². The van der Waals surface area contributed by atoms with E-state index in [4.69, 9.17) is 0 Å². The SMILES string of the molecule is O=C(CCc1ccc(O)c(O)c1)NCCc1ccccc1Br. The number of aryl methyl sites for hydroxylation is 1. The molecule has 1 amide bonds. The van der Waals surface area contributed by atoms with E-state index in [0.717, 1.165) is 22.0 Å². The highest BCUT2D eigenvalue weighted by Gasteiger charge is 2.05. The van der Waals surface area contributed by atoms with Gasteiger partial charge in [0, 0.05) is 17.4 Å². The molecule has 0 radical (unpaired) electrons. The first-order valence-electron chi connectivity index (χ1n) is 7.07. The van der Waals surface area contributed by atoms with Crippen molar-refractivity contribution in [2.75, 3.05) is 6.54 Å². The molecule has 0 aromatic heterocycles. The normalized spacial score (nSPS) is 10.4. The van der Waals surface area contributed by atoms with Crippen LogP contribution in [0.2, 0.25) is 0 Å². The highest BCUT2D eigenvalue weighted by molar-refractivity contribution is 9.10. The zero-order valence-corrected chi connectivity index (χ0v) is 13.6. The van der Waals surface area contributed by atoms with E-state index in [1.54, 1.807) is 6.07 Å². The minimum atomic E-state index is -0.160. The molecule has 0 atom stereocenters. The Morgan fingerprint density at radius 1 is 1.05 bits per heavy atom. The number of benzene rings is 2. The van der Waals surface area contributed by atoms with E-state index in [0.29, 0.717) is 19.4 Å². The predicted octanol–water partition coefficient (Wildman–Crippen LogP) is 3.15. The van der Waals surface area contributed by atoms with Gasteiger partial charge < -0.3 is 15.5 Å². The zero-order valence-electron chi connectivity index (χ0n) is 12.1. The van der Waals surface area contributed by atoms with Crippen LogP contribution in [0.4, 0.5) is 0 Å². The van der Waals surface area contributed by atoms with E-state index in [1.165, 1.54) is 12.1 Å². The second kappa shape index (κ2) is 7.84. The van der Waals surface area contributed by atoms with Crippen molar-refractivity contribution in [1.82, 2.24) is 5.32 Å². The number of nitrogens with one attached hydrogen (secondary N) is 1. The lowest BCUT2D eigenvalue weighted by Gasteiger charge is -2.07. The Hall–Kier alpha value is -2.01. The number of hydrogen-bond acceptors (Lipinski definition) is 3. The minimum absolute atomic E-state index is 0.0281. The molecule has 2 rings (SSSR count). The van der Waals surface area contributed by atoms with Crippen LogP contribution in [-0.2, 0) is 17.6 Å². The summed E-state index contributed by atoms with van der Waals surface area (Å²) in [5, 5.41) is 21.5. The van der Waals surface area contributed by atoms with Gasteiger partial charge in [0.05, 0.1) is 0 Å². The van der Waals surface area contributed by atoms with Gasteiger partial charge in [0.2, 0.25) is 5.91 Å². The zero-order chi connectivity index (χ0) is 15.9. The number of halogens is 1. The van der Waals surface area contributed by atoms with Crippen molar-refractivity contribution < 1.29 is 15.0 Å². The lowest BCUT2D eigenvalue weighted by molar-refractivity contribution is -0.121. The quantitative estimate of drug-likeness (QED) is 0.690. The molecule has 3 N–H and O–H groups in total. The summed E-state index contributed by atoms with van der Waals surface area (Å²) >= 11 is 3.48. The number of rotatable bonds is 6. The van der Waals surface area contributed by atoms with Crippen LogP contribution in [0.3, 0.4) is 0 Å². The molecule has 2 aromatic rings. The standard InChI is InChI=1S/C17H18BrNO3/c18-14-4-2-1-3-13(14)9-10-19-17(22)8-6-12-5-7-15(20)16(21)11-12/h1-5,7,11,20-21H,6,8-10H2,(H,19,22). The lowest BCUT2D eigenvalue weighted by atomic mass is 10.1. The average Bonchev–Trinajstić information content (AvgIpc) is 2.50. The van der Waals surface area contributed by atoms with Crippen LogP contribution < -0.4 is 5.32 Å². The van der Waals surface area contributed by atoms with E-state index in [-0.39, 0.29) is 17.4 Å². The van der Waals surface area contributed by atoms with Crippen molar-refractivity contribution in [2.45, 2.75) is 19.3 Å². The first-order valence-corrected chi connectivity index (χ1v) is 7.86. The van der Waals surface area contributed by atoms with Crippen LogP contribution >= 0.6 is 15.9 Å². The fourth-order valence-electron chi connectivity index (χ4n) is 2.11. The third-order valence-corrected chi connectivity index (χ3v) is 4.13. The van der Waals surface area contributed by atoms with Crippen LogP contribution in [0.15, 0.2) is 46.9 Å². The number of carbonyl (C=O) groups excluding carboxylic acids is 1. The third-order valence-electron chi connectivity index (χ3n) is 3.35. The minimum Gasteiger partial charge on any atom is -0.504 e. The molecule has 0 heterocycles. The van der Waals surface area contributed by atoms with Gasteiger partial charge in [-0.15, -0.1) is 0 Å². The molecule has 4 nitrogen and oxygen atoms in total. The summed E-state index contributed by atoms with van der Waals surface area (Å²) in [4.78, 5) is 11.8. The first kappa shape index (κ1) is 16.4. The Balaban J connectivity index is 1.74. The van der Waals surface area contributed by atoms with Crippen LogP contribution in [0.5, 0.6) is 11.5 Å². The molecule has 0 aliphatic carbocycles. The molecular weight excluding hydrogens is 346 g/mol. The highest BCUT2D eigenvalue weighted by atomic mass is 79.9. The van der Waals surface area contributed by atoms with Crippen LogP contribution in [0, 0.1) is 0 Å². The summed E-state index contributed by atoms with van der Waals surface area (Å²) in [5.74, 6) is -0.340. The Bertz CT molecular complexity index is 658. The summed E-state index contributed by atoms with van der Waals surface area (Å²) in [5.41, 5.74) is 1.97. The molecule has 5 heteroatoms. The maximum Gasteiger partial charge on any atom is 0.220 e. The smallest absolute Gasteiger partial charge is 0.220 e. The van der Waals surface area contributed by atoms with Crippen molar-refractivity contribution in [3.63, 3.8) is 0 Å². The van der Waals surface area contributed by atoms with E-state index in [9.17, 15) is 15.0 Å². The molecule has 0 saturated heterocycles. The van der Waals surface area contributed by atoms with Gasteiger partial charge >= 0.3 is 0 Å². The highest BCUT2D eigenvalue weighted by Crippen LogP contribution is 2.25. The molecule has 0 unspecified atom stereocenters. The maximum absolute atomic E-state index is 11.8. The van der Waals surface area contributed by atoms with E-state index < -0.39 is 0 Å². The van der Waals surface area contributed by atoms with Crippen LogP contribution in [0.1, 0.15) is 17.5 Å². The van der Waals surface area contributed by atoms with Crippen molar-refractivity contribution in [2.24, 2.45) is 0 Å².